The lowest BCUT2D eigenvalue weighted by molar-refractivity contribution is 0.652. The van der Waals surface area contributed by atoms with Gasteiger partial charge in [0.15, 0.2) is 23.1 Å². The number of aryl methyl sites for hydroxylation is 1. The van der Waals surface area contributed by atoms with Crippen molar-refractivity contribution in [3.63, 3.8) is 0 Å². The number of H-pyrrole nitrogens is 1. The second-order valence-corrected chi connectivity index (χ2v) is 7.23. The zero-order chi connectivity index (χ0) is 19.8. The monoisotopic (exact) mass is 387 g/mol. The molecule has 8 nitrogen and oxygen atoms in total. The third kappa shape index (κ3) is 3.22. The highest BCUT2D eigenvalue weighted by atomic mass is 16.1. The van der Waals surface area contributed by atoms with Crippen LogP contribution in [0.4, 0.5) is 5.82 Å². The molecular weight excluding hydrogens is 366 g/mol. The van der Waals surface area contributed by atoms with E-state index in [2.05, 4.69) is 44.2 Å². The number of fused-ring (bicyclic) bond motifs is 5. The fraction of sp³-hybridized carbons (Fsp3) is 0.238. The number of anilines is 1. The summed E-state index contributed by atoms with van der Waals surface area (Å²) in [6.07, 6.45) is 10.9. The number of allylic oxidation sites excluding steroid dienone is 2. The van der Waals surface area contributed by atoms with Gasteiger partial charge in [-0.15, -0.1) is 0 Å². The quantitative estimate of drug-likeness (QED) is 0.451. The Morgan fingerprint density at radius 2 is 2.03 bits per heavy atom. The second-order valence-electron chi connectivity index (χ2n) is 7.23. The minimum Gasteiger partial charge on any atom is -0.382 e. The van der Waals surface area contributed by atoms with Crippen molar-refractivity contribution in [1.29, 1.82) is 0 Å². The van der Waals surface area contributed by atoms with Gasteiger partial charge in [0, 0.05) is 18.9 Å². The van der Waals surface area contributed by atoms with Crippen LogP contribution in [0.1, 0.15) is 24.0 Å². The maximum absolute atomic E-state index is 12.6. The van der Waals surface area contributed by atoms with E-state index in [-0.39, 0.29) is 11.5 Å². The molecule has 0 aliphatic carbocycles. The highest BCUT2D eigenvalue weighted by molar-refractivity contribution is 5.83. The number of aromatic nitrogens is 6. The first-order valence-electron chi connectivity index (χ1n) is 9.69. The van der Waals surface area contributed by atoms with Gasteiger partial charge in [-0.1, -0.05) is 36.4 Å². The molecular formula is C21H21N7O. The topological polar surface area (TPSA) is 107 Å². The van der Waals surface area contributed by atoms with Crippen LogP contribution in [0.3, 0.4) is 0 Å². The van der Waals surface area contributed by atoms with E-state index in [1.807, 2.05) is 22.9 Å². The fourth-order valence-corrected chi connectivity index (χ4v) is 3.75. The van der Waals surface area contributed by atoms with Crippen molar-refractivity contribution in [3.05, 3.63) is 70.4 Å². The smallest absolute Gasteiger partial charge is 0.328 e. The molecule has 0 amide bonds. The Kier molecular flexibility index (Phi) is 4.23. The van der Waals surface area contributed by atoms with Gasteiger partial charge >= 0.3 is 5.69 Å². The lowest BCUT2D eigenvalue weighted by Crippen LogP contribution is -2.18. The first-order valence-corrected chi connectivity index (χ1v) is 9.69. The lowest BCUT2D eigenvalue weighted by atomic mass is 10.1. The zero-order valence-corrected chi connectivity index (χ0v) is 15.9. The van der Waals surface area contributed by atoms with Gasteiger partial charge in [-0.25, -0.2) is 19.7 Å². The molecule has 0 saturated heterocycles. The molecule has 4 aromatic rings. The van der Waals surface area contributed by atoms with Gasteiger partial charge in [0.1, 0.15) is 5.52 Å². The number of nitrogen functional groups attached to an aromatic ring is 1. The van der Waals surface area contributed by atoms with E-state index >= 15 is 0 Å². The summed E-state index contributed by atoms with van der Waals surface area (Å²) < 4.78 is 3.63. The van der Waals surface area contributed by atoms with Crippen LogP contribution in [0, 0.1) is 0 Å². The van der Waals surface area contributed by atoms with Crippen molar-refractivity contribution in [3.8, 4) is 11.6 Å². The van der Waals surface area contributed by atoms with Crippen LogP contribution in [0.25, 0.3) is 22.8 Å². The highest BCUT2D eigenvalue weighted by Crippen LogP contribution is 2.21. The van der Waals surface area contributed by atoms with Crippen molar-refractivity contribution < 1.29 is 0 Å². The van der Waals surface area contributed by atoms with Crippen LogP contribution in [-0.4, -0.2) is 29.1 Å². The van der Waals surface area contributed by atoms with Crippen LogP contribution in [-0.2, 0) is 19.5 Å². The standard InChI is InChI=1S/C21H21N7O/c22-17-16-19-26-18(25-17)20-23-9-11-27(20)10-4-2-1-3-6-14-7-5-8-15(12-14)13-28(19)21(29)24-16/h1,3,5,7-9,11-12H,2,4,6,10,13H2,(H,24,29)(H2,22,25,26). The van der Waals surface area contributed by atoms with E-state index in [0.29, 0.717) is 29.4 Å². The zero-order valence-electron chi connectivity index (χ0n) is 15.9. The summed E-state index contributed by atoms with van der Waals surface area (Å²) in [6.45, 7) is 1.21. The van der Waals surface area contributed by atoms with E-state index in [1.54, 1.807) is 10.8 Å². The summed E-state index contributed by atoms with van der Waals surface area (Å²) in [6, 6.07) is 8.26. The predicted octanol–water partition coefficient (Wildman–Crippen LogP) is 2.51. The van der Waals surface area contributed by atoms with Crippen LogP contribution in [0.5, 0.6) is 0 Å². The van der Waals surface area contributed by atoms with Gasteiger partial charge in [0.2, 0.25) is 0 Å². The van der Waals surface area contributed by atoms with Crippen molar-refractivity contribution in [2.24, 2.45) is 0 Å². The van der Waals surface area contributed by atoms with Crippen molar-refractivity contribution >= 4 is 17.0 Å². The van der Waals surface area contributed by atoms with Gasteiger partial charge < -0.3 is 15.3 Å². The number of benzene rings is 1. The number of rotatable bonds is 0. The summed E-state index contributed by atoms with van der Waals surface area (Å²) in [7, 11) is 0. The average molecular weight is 387 g/mol. The van der Waals surface area contributed by atoms with Crippen LogP contribution >= 0.6 is 0 Å². The number of nitrogens with two attached hydrogens (primary N) is 1. The number of aromatic amines is 1. The molecule has 3 N–H and O–H groups in total. The number of nitrogens with one attached hydrogen (secondary N) is 1. The Balaban J connectivity index is 1.71. The Morgan fingerprint density at radius 1 is 1.14 bits per heavy atom. The first kappa shape index (κ1) is 17.4. The van der Waals surface area contributed by atoms with Crippen molar-refractivity contribution in [2.45, 2.75) is 32.4 Å². The summed E-state index contributed by atoms with van der Waals surface area (Å²) in [4.78, 5) is 28.9. The average Bonchev–Trinajstić information content (AvgIpc) is 3.30. The molecule has 0 radical (unpaired) electrons. The van der Waals surface area contributed by atoms with Gasteiger partial charge in [-0.05, 0) is 30.4 Å². The Hall–Kier alpha value is -3.68. The summed E-state index contributed by atoms with van der Waals surface area (Å²) in [5.41, 5.74) is 9.10. The third-order valence-electron chi connectivity index (χ3n) is 5.19. The molecule has 3 aromatic heterocycles. The third-order valence-corrected chi connectivity index (χ3v) is 5.19. The molecule has 146 valence electrons. The second kappa shape index (κ2) is 7.05. The number of imidazole rings is 2. The summed E-state index contributed by atoms with van der Waals surface area (Å²) >= 11 is 0. The number of nitrogens with zero attached hydrogens (tertiary/aromatic N) is 5. The number of hydrogen-bond donors (Lipinski definition) is 2. The maximum atomic E-state index is 12.6. The molecule has 29 heavy (non-hydrogen) atoms. The molecule has 0 spiro atoms. The minimum atomic E-state index is -0.257. The Labute approximate surface area is 166 Å². The molecule has 4 bridgehead atoms. The molecule has 0 atom stereocenters. The van der Waals surface area contributed by atoms with Crippen LogP contribution < -0.4 is 11.4 Å². The molecule has 4 heterocycles. The van der Waals surface area contributed by atoms with E-state index in [1.165, 1.54) is 5.56 Å². The largest absolute Gasteiger partial charge is 0.382 e. The molecule has 1 aliphatic heterocycles. The highest BCUT2D eigenvalue weighted by Gasteiger charge is 2.17. The van der Waals surface area contributed by atoms with E-state index in [9.17, 15) is 4.79 Å². The first-order chi connectivity index (χ1) is 14.2. The molecule has 5 rings (SSSR count). The Bertz CT molecular complexity index is 1280. The van der Waals surface area contributed by atoms with Crippen LogP contribution in [0.15, 0.2) is 53.6 Å². The summed E-state index contributed by atoms with van der Waals surface area (Å²) in [5, 5.41) is 0. The normalized spacial score (nSPS) is 14.3. The fourth-order valence-electron chi connectivity index (χ4n) is 3.75. The Morgan fingerprint density at radius 3 is 2.97 bits per heavy atom. The predicted molar refractivity (Wildman–Crippen MR) is 111 cm³/mol. The lowest BCUT2D eigenvalue weighted by Gasteiger charge is -2.09. The SMILES string of the molecule is Nc1nc2nc3c1[nH]c(=O)n3Cc1cccc(c1)CC=CCCCn1ccnc1-2. The van der Waals surface area contributed by atoms with Gasteiger partial charge in [-0.2, -0.15) is 0 Å². The van der Waals surface area contributed by atoms with Gasteiger partial charge in [0.05, 0.1) is 6.54 Å². The van der Waals surface area contributed by atoms with Gasteiger partial charge in [-0.3, -0.25) is 4.57 Å². The van der Waals surface area contributed by atoms with Crippen LogP contribution in [0.2, 0.25) is 0 Å². The maximum Gasteiger partial charge on any atom is 0.328 e. The molecule has 1 aromatic carbocycles. The van der Waals surface area contributed by atoms with Crippen molar-refractivity contribution in [1.82, 2.24) is 29.1 Å². The van der Waals surface area contributed by atoms with E-state index in [4.69, 9.17) is 5.73 Å². The van der Waals surface area contributed by atoms with E-state index < -0.39 is 0 Å². The van der Waals surface area contributed by atoms with Gasteiger partial charge in [0.25, 0.3) is 0 Å². The minimum absolute atomic E-state index is 0.244. The summed E-state index contributed by atoms with van der Waals surface area (Å²) in [5.74, 6) is 1.31. The molecule has 8 heteroatoms. The molecule has 1 aliphatic rings. The van der Waals surface area contributed by atoms with Crippen molar-refractivity contribution in [2.75, 3.05) is 5.73 Å². The molecule has 0 unspecified atom stereocenters. The van der Waals surface area contributed by atoms with E-state index in [0.717, 1.165) is 31.4 Å². The molecule has 0 saturated carbocycles. The number of hydrogen-bond acceptors (Lipinski definition) is 5. The molecule has 0 fully saturated rings.